The molecule has 49 valence electrons. The molecule has 1 radical (unpaired) electrons. The van der Waals surface area contributed by atoms with Crippen molar-refractivity contribution >= 4 is 6.41 Å². The van der Waals surface area contributed by atoms with Gasteiger partial charge in [0.1, 0.15) is 0 Å². The molecule has 9 heavy (non-hydrogen) atoms. The maximum absolute atomic E-state index is 10.1. The summed E-state index contributed by atoms with van der Waals surface area (Å²) in [5.41, 5.74) is 0.581. The van der Waals surface area contributed by atoms with E-state index in [0.717, 1.165) is 13.1 Å². The van der Waals surface area contributed by atoms with Crippen molar-refractivity contribution in [3.05, 3.63) is 0 Å². The number of nitrogens with zero attached hydrogens (tertiary/aromatic N) is 1. The zero-order valence-electron chi connectivity index (χ0n) is 5.39. The van der Waals surface area contributed by atoms with Crippen LogP contribution in [0, 0.1) is 5.41 Å². The van der Waals surface area contributed by atoms with E-state index in [1.54, 1.807) is 4.90 Å². The van der Waals surface area contributed by atoms with Crippen molar-refractivity contribution in [1.82, 2.24) is 4.90 Å². The van der Waals surface area contributed by atoms with Gasteiger partial charge in [0.25, 0.3) is 0 Å². The Balaban J connectivity index is 2.00. The fourth-order valence-electron chi connectivity index (χ4n) is 1.60. The van der Waals surface area contributed by atoms with Gasteiger partial charge in [-0.05, 0) is 24.7 Å². The molecular formula is C7H10NO. The van der Waals surface area contributed by atoms with Crippen molar-refractivity contribution in [3.63, 3.8) is 0 Å². The summed E-state index contributed by atoms with van der Waals surface area (Å²) >= 11 is 0. The molecule has 0 bridgehead atoms. The monoisotopic (exact) mass is 124 g/mol. The Morgan fingerprint density at radius 3 is 2.44 bits per heavy atom. The first kappa shape index (κ1) is 5.27. The lowest BCUT2D eigenvalue weighted by Crippen LogP contribution is -2.18. The van der Waals surface area contributed by atoms with E-state index in [9.17, 15) is 4.79 Å². The van der Waals surface area contributed by atoms with Crippen LogP contribution < -0.4 is 0 Å². The van der Waals surface area contributed by atoms with Crippen LogP contribution in [0.4, 0.5) is 0 Å². The highest BCUT2D eigenvalue weighted by atomic mass is 16.1. The molecule has 1 heterocycles. The summed E-state index contributed by atoms with van der Waals surface area (Å²) in [7, 11) is 0. The standard InChI is InChI=1S/C7H10NO/c9-6-8-4-3-7(5-8)1-2-7/h1-5H2. The Morgan fingerprint density at radius 2 is 2.11 bits per heavy atom. The van der Waals surface area contributed by atoms with Gasteiger partial charge in [-0.25, -0.2) is 0 Å². The average Bonchev–Trinajstić information content (AvgIpc) is 2.44. The first-order valence-electron chi connectivity index (χ1n) is 3.47. The fourth-order valence-corrected chi connectivity index (χ4v) is 1.60. The fraction of sp³-hybridized carbons (Fsp3) is 0.857. The Hall–Kier alpha value is -0.530. The minimum atomic E-state index is 0.581. The normalized spacial score (nSPS) is 29.1. The summed E-state index contributed by atoms with van der Waals surface area (Å²) in [4.78, 5) is 11.9. The van der Waals surface area contributed by atoms with Gasteiger partial charge in [0.2, 0.25) is 0 Å². The Kier molecular flexibility index (Phi) is 0.875. The van der Waals surface area contributed by atoms with E-state index in [4.69, 9.17) is 0 Å². The predicted octanol–water partition coefficient (Wildman–Crippen LogP) is 0.539. The summed E-state index contributed by atoms with van der Waals surface area (Å²) in [6.45, 7) is 1.93. The summed E-state index contributed by atoms with van der Waals surface area (Å²) < 4.78 is 0. The zero-order valence-corrected chi connectivity index (χ0v) is 5.39. The third-order valence-electron chi connectivity index (χ3n) is 2.52. The van der Waals surface area contributed by atoms with Crippen molar-refractivity contribution in [2.45, 2.75) is 19.3 Å². The van der Waals surface area contributed by atoms with Gasteiger partial charge in [-0.2, -0.15) is 0 Å². The van der Waals surface area contributed by atoms with Gasteiger partial charge in [0.15, 0.2) is 0 Å². The SMILES string of the molecule is O=[C]N1CCC2(CC2)C1. The number of rotatable bonds is 1. The summed E-state index contributed by atoms with van der Waals surface area (Å²) in [5, 5.41) is 0. The molecule has 0 aromatic rings. The van der Waals surface area contributed by atoms with E-state index in [0.29, 0.717) is 5.41 Å². The van der Waals surface area contributed by atoms with Crippen LogP contribution in [0.2, 0.25) is 0 Å². The zero-order chi connectivity index (χ0) is 6.32. The average molecular weight is 124 g/mol. The van der Waals surface area contributed by atoms with Crippen LogP contribution >= 0.6 is 0 Å². The highest BCUT2D eigenvalue weighted by Gasteiger charge is 2.47. The van der Waals surface area contributed by atoms with Crippen LogP contribution in [0.25, 0.3) is 0 Å². The van der Waals surface area contributed by atoms with E-state index in [2.05, 4.69) is 0 Å². The molecule has 1 spiro atoms. The van der Waals surface area contributed by atoms with Crippen LogP contribution in [0.3, 0.4) is 0 Å². The molecule has 1 saturated carbocycles. The van der Waals surface area contributed by atoms with Gasteiger partial charge in [-0.1, -0.05) is 0 Å². The third-order valence-corrected chi connectivity index (χ3v) is 2.52. The van der Waals surface area contributed by atoms with Crippen LogP contribution in [0.1, 0.15) is 19.3 Å². The topological polar surface area (TPSA) is 20.3 Å². The van der Waals surface area contributed by atoms with E-state index in [-0.39, 0.29) is 0 Å². The highest BCUT2D eigenvalue weighted by molar-refractivity contribution is 5.49. The maximum atomic E-state index is 10.1. The molecule has 2 aliphatic rings. The predicted molar refractivity (Wildman–Crippen MR) is 33.6 cm³/mol. The van der Waals surface area contributed by atoms with Crippen LogP contribution in [-0.4, -0.2) is 24.4 Å². The van der Waals surface area contributed by atoms with E-state index in [1.165, 1.54) is 19.3 Å². The number of hydrogen-bond acceptors (Lipinski definition) is 1. The number of hydrogen-bond donors (Lipinski definition) is 0. The Labute approximate surface area is 54.8 Å². The molecule has 2 nitrogen and oxygen atoms in total. The molecular weight excluding hydrogens is 114 g/mol. The molecule has 1 amide bonds. The summed E-state index contributed by atoms with van der Waals surface area (Å²) in [5.74, 6) is 0. The lowest BCUT2D eigenvalue weighted by molar-refractivity contribution is 0.419. The molecule has 0 aromatic carbocycles. The molecule has 0 atom stereocenters. The molecule has 2 fully saturated rings. The molecule has 1 aliphatic heterocycles. The molecule has 1 saturated heterocycles. The van der Waals surface area contributed by atoms with Gasteiger partial charge in [-0.3, -0.25) is 4.79 Å². The van der Waals surface area contributed by atoms with E-state index in [1.807, 2.05) is 6.41 Å². The number of carbonyl (C=O) groups excluding carboxylic acids is 1. The summed E-state index contributed by atoms with van der Waals surface area (Å²) in [6, 6.07) is 0. The molecule has 2 heteroatoms. The number of likely N-dealkylation sites (tertiary alicyclic amines) is 1. The first-order chi connectivity index (χ1) is 4.35. The molecule has 1 aliphatic carbocycles. The van der Waals surface area contributed by atoms with E-state index >= 15 is 0 Å². The van der Waals surface area contributed by atoms with Gasteiger partial charge < -0.3 is 4.90 Å². The number of amides is 1. The second-order valence-corrected chi connectivity index (χ2v) is 3.26. The lowest BCUT2D eigenvalue weighted by atomic mass is 10.1. The molecule has 0 unspecified atom stereocenters. The molecule has 0 N–H and O–H groups in total. The second kappa shape index (κ2) is 1.49. The smallest absolute Gasteiger partial charge is 0.312 e. The maximum Gasteiger partial charge on any atom is 0.312 e. The van der Waals surface area contributed by atoms with Crippen LogP contribution in [0.15, 0.2) is 0 Å². The van der Waals surface area contributed by atoms with E-state index < -0.39 is 0 Å². The van der Waals surface area contributed by atoms with Gasteiger partial charge in [0, 0.05) is 13.1 Å². The molecule has 0 aromatic heterocycles. The van der Waals surface area contributed by atoms with Crippen molar-refractivity contribution in [1.29, 1.82) is 0 Å². The lowest BCUT2D eigenvalue weighted by Gasteiger charge is -2.05. The van der Waals surface area contributed by atoms with Crippen molar-refractivity contribution in [2.24, 2.45) is 5.41 Å². The van der Waals surface area contributed by atoms with Crippen molar-refractivity contribution in [3.8, 4) is 0 Å². The van der Waals surface area contributed by atoms with Gasteiger partial charge in [-0.15, -0.1) is 0 Å². The summed E-state index contributed by atoms with van der Waals surface area (Å²) in [6.07, 6.45) is 5.84. The van der Waals surface area contributed by atoms with Crippen LogP contribution in [-0.2, 0) is 4.79 Å². The second-order valence-electron chi connectivity index (χ2n) is 3.26. The first-order valence-corrected chi connectivity index (χ1v) is 3.47. The van der Waals surface area contributed by atoms with Gasteiger partial charge >= 0.3 is 6.41 Å². The molecule has 2 rings (SSSR count). The minimum Gasteiger partial charge on any atom is -0.334 e. The Bertz CT molecular complexity index is 140. The Morgan fingerprint density at radius 1 is 1.33 bits per heavy atom. The van der Waals surface area contributed by atoms with Crippen LogP contribution in [0.5, 0.6) is 0 Å². The third kappa shape index (κ3) is 0.732. The quantitative estimate of drug-likeness (QED) is 0.499. The largest absolute Gasteiger partial charge is 0.334 e. The minimum absolute atomic E-state index is 0.581. The highest BCUT2D eigenvalue weighted by Crippen LogP contribution is 2.52. The van der Waals surface area contributed by atoms with Gasteiger partial charge in [0.05, 0.1) is 0 Å². The van der Waals surface area contributed by atoms with Crippen molar-refractivity contribution < 1.29 is 4.79 Å². The van der Waals surface area contributed by atoms with Crippen molar-refractivity contribution in [2.75, 3.05) is 13.1 Å².